The van der Waals surface area contributed by atoms with Crippen LogP contribution in [-0.2, 0) is 0 Å². The zero-order valence-electron chi connectivity index (χ0n) is 15.8. The first-order chi connectivity index (χ1) is 12.5. The first-order valence-corrected chi connectivity index (χ1v) is 9.32. The van der Waals surface area contributed by atoms with Crippen molar-refractivity contribution in [2.75, 3.05) is 0 Å². The summed E-state index contributed by atoms with van der Waals surface area (Å²) < 4.78 is 0. The number of aromatic nitrogens is 2. The van der Waals surface area contributed by atoms with Crippen LogP contribution in [0.1, 0.15) is 50.8 Å². The van der Waals surface area contributed by atoms with Gasteiger partial charge in [-0.2, -0.15) is 0 Å². The third-order valence-electron chi connectivity index (χ3n) is 5.01. The zero-order valence-corrected chi connectivity index (χ0v) is 15.8. The molecule has 4 aromatic rings. The largest absolute Gasteiger partial charge is 0.256 e. The van der Waals surface area contributed by atoms with E-state index in [9.17, 15) is 0 Å². The summed E-state index contributed by atoms with van der Waals surface area (Å²) in [4.78, 5) is 9.43. The van der Waals surface area contributed by atoms with Gasteiger partial charge in [-0.1, -0.05) is 45.9 Å². The monoisotopic (exact) mass is 340 g/mol. The molecule has 0 unspecified atom stereocenters. The minimum Gasteiger partial charge on any atom is -0.256 e. The van der Waals surface area contributed by atoms with Gasteiger partial charge < -0.3 is 0 Å². The van der Waals surface area contributed by atoms with Gasteiger partial charge in [0.2, 0.25) is 0 Å². The summed E-state index contributed by atoms with van der Waals surface area (Å²) >= 11 is 0. The molecule has 2 aromatic carbocycles. The van der Waals surface area contributed by atoms with Gasteiger partial charge in [0, 0.05) is 28.2 Å². The fourth-order valence-electron chi connectivity index (χ4n) is 3.31. The highest BCUT2D eigenvalue weighted by Gasteiger charge is 2.07. The molecule has 0 atom stereocenters. The Morgan fingerprint density at radius 1 is 0.654 bits per heavy atom. The van der Waals surface area contributed by atoms with E-state index < -0.39 is 0 Å². The average molecular weight is 340 g/mol. The summed E-state index contributed by atoms with van der Waals surface area (Å²) in [6.45, 7) is 8.80. The maximum Gasteiger partial charge on any atom is 0.0705 e. The molecule has 2 aromatic heterocycles. The van der Waals surface area contributed by atoms with Crippen LogP contribution in [0.25, 0.3) is 32.9 Å². The van der Waals surface area contributed by atoms with Crippen molar-refractivity contribution >= 4 is 21.8 Å². The van der Waals surface area contributed by atoms with Gasteiger partial charge in [0.1, 0.15) is 0 Å². The van der Waals surface area contributed by atoms with Crippen molar-refractivity contribution in [3.05, 3.63) is 72.1 Å². The molecular formula is C24H24N2. The van der Waals surface area contributed by atoms with Gasteiger partial charge in [-0.15, -0.1) is 0 Å². The second-order valence-electron chi connectivity index (χ2n) is 7.63. The van der Waals surface area contributed by atoms with Gasteiger partial charge in [0.15, 0.2) is 0 Å². The van der Waals surface area contributed by atoms with Crippen LogP contribution in [0.3, 0.4) is 0 Å². The Morgan fingerprint density at radius 3 is 2.19 bits per heavy atom. The summed E-state index contributed by atoms with van der Waals surface area (Å²) in [6, 6.07) is 19.6. The quantitative estimate of drug-likeness (QED) is 0.415. The summed E-state index contributed by atoms with van der Waals surface area (Å²) in [5.41, 5.74) is 6.91. The fraction of sp³-hybridized carbons (Fsp3) is 0.250. The molecule has 4 rings (SSSR count). The van der Waals surface area contributed by atoms with Crippen molar-refractivity contribution in [2.24, 2.45) is 0 Å². The van der Waals surface area contributed by atoms with Gasteiger partial charge in [-0.25, -0.2) is 0 Å². The molecule has 2 nitrogen and oxygen atoms in total. The maximum absolute atomic E-state index is 4.77. The van der Waals surface area contributed by atoms with E-state index in [4.69, 9.17) is 4.98 Å². The topological polar surface area (TPSA) is 25.8 Å². The Kier molecular flexibility index (Phi) is 4.20. The predicted molar refractivity (Wildman–Crippen MR) is 111 cm³/mol. The summed E-state index contributed by atoms with van der Waals surface area (Å²) in [5.74, 6) is 0.962. The van der Waals surface area contributed by atoms with Crippen molar-refractivity contribution < 1.29 is 0 Å². The normalized spacial score (nSPS) is 11.8. The second-order valence-corrected chi connectivity index (χ2v) is 7.63. The molecule has 0 N–H and O–H groups in total. The summed E-state index contributed by atoms with van der Waals surface area (Å²) in [7, 11) is 0. The number of benzene rings is 2. The fourth-order valence-corrected chi connectivity index (χ4v) is 3.31. The van der Waals surface area contributed by atoms with Crippen LogP contribution in [0.15, 0.2) is 60.8 Å². The Hall–Kier alpha value is -2.74. The SMILES string of the molecule is CC(C)c1ccc2ncc(-c3ccc4nc(C(C)C)ccc4c3)cc2c1. The van der Waals surface area contributed by atoms with E-state index in [2.05, 4.69) is 87.3 Å². The molecule has 0 radical (unpaired) electrons. The molecule has 0 aliphatic carbocycles. The lowest BCUT2D eigenvalue weighted by atomic mass is 9.98. The number of fused-ring (bicyclic) bond motifs is 2. The molecule has 2 heteroatoms. The first-order valence-electron chi connectivity index (χ1n) is 9.32. The Balaban J connectivity index is 1.79. The van der Waals surface area contributed by atoms with E-state index in [1.807, 2.05) is 6.20 Å². The molecular weight excluding hydrogens is 316 g/mol. The minimum absolute atomic E-state index is 0.443. The third kappa shape index (κ3) is 3.08. The third-order valence-corrected chi connectivity index (χ3v) is 5.01. The highest BCUT2D eigenvalue weighted by Crippen LogP contribution is 2.28. The van der Waals surface area contributed by atoms with Crippen molar-refractivity contribution in [1.82, 2.24) is 9.97 Å². The van der Waals surface area contributed by atoms with E-state index in [0.717, 1.165) is 22.3 Å². The van der Waals surface area contributed by atoms with Gasteiger partial charge in [-0.3, -0.25) is 9.97 Å². The van der Waals surface area contributed by atoms with Crippen LogP contribution in [0.4, 0.5) is 0 Å². The van der Waals surface area contributed by atoms with Crippen molar-refractivity contribution in [3.8, 4) is 11.1 Å². The number of hydrogen-bond acceptors (Lipinski definition) is 2. The van der Waals surface area contributed by atoms with E-state index in [1.54, 1.807) is 0 Å². The molecule has 0 fully saturated rings. The van der Waals surface area contributed by atoms with E-state index in [-0.39, 0.29) is 0 Å². The van der Waals surface area contributed by atoms with Crippen LogP contribution < -0.4 is 0 Å². The summed E-state index contributed by atoms with van der Waals surface area (Å²) in [6.07, 6.45) is 1.97. The molecule has 0 saturated carbocycles. The van der Waals surface area contributed by atoms with Crippen molar-refractivity contribution in [1.29, 1.82) is 0 Å². The molecule has 2 heterocycles. The predicted octanol–water partition coefficient (Wildman–Crippen LogP) is 6.70. The van der Waals surface area contributed by atoms with Crippen LogP contribution in [0, 0.1) is 0 Å². The highest BCUT2D eigenvalue weighted by molar-refractivity contribution is 5.88. The smallest absolute Gasteiger partial charge is 0.0705 e. The Bertz CT molecular complexity index is 1090. The van der Waals surface area contributed by atoms with E-state index >= 15 is 0 Å². The second kappa shape index (κ2) is 6.53. The van der Waals surface area contributed by atoms with Crippen molar-refractivity contribution in [2.45, 2.75) is 39.5 Å². The van der Waals surface area contributed by atoms with Gasteiger partial charge in [0.05, 0.1) is 11.0 Å². The lowest BCUT2D eigenvalue weighted by Gasteiger charge is -2.10. The lowest BCUT2D eigenvalue weighted by Crippen LogP contribution is -1.93. The molecule has 0 aliphatic heterocycles. The molecule has 0 spiro atoms. The standard InChI is InChI=1S/C24H24N2/c1-15(2)17-5-9-23-20(11-17)13-21(14-25-23)18-6-10-24-19(12-18)7-8-22(26-24)16(3)4/h5-16H,1-4H3. The minimum atomic E-state index is 0.443. The average Bonchev–Trinajstić information content (AvgIpc) is 2.66. The molecule has 0 aliphatic rings. The summed E-state index contributed by atoms with van der Waals surface area (Å²) in [5, 5.41) is 2.37. The van der Waals surface area contributed by atoms with Crippen molar-refractivity contribution in [3.63, 3.8) is 0 Å². The number of rotatable bonds is 3. The molecule has 130 valence electrons. The van der Waals surface area contributed by atoms with E-state index in [0.29, 0.717) is 11.8 Å². The van der Waals surface area contributed by atoms with Gasteiger partial charge in [0.25, 0.3) is 0 Å². The zero-order chi connectivity index (χ0) is 18.3. The number of nitrogens with zero attached hydrogens (tertiary/aromatic N) is 2. The maximum atomic E-state index is 4.77. The van der Waals surface area contributed by atoms with Gasteiger partial charge in [-0.05, 0) is 59.4 Å². The number of hydrogen-bond donors (Lipinski definition) is 0. The van der Waals surface area contributed by atoms with Crippen LogP contribution in [0.2, 0.25) is 0 Å². The van der Waals surface area contributed by atoms with Gasteiger partial charge >= 0.3 is 0 Å². The molecule has 0 bridgehead atoms. The molecule has 26 heavy (non-hydrogen) atoms. The Morgan fingerprint density at radius 2 is 1.42 bits per heavy atom. The Labute approximate surface area is 154 Å². The van der Waals surface area contributed by atoms with Crippen LogP contribution in [-0.4, -0.2) is 9.97 Å². The van der Waals surface area contributed by atoms with Crippen LogP contribution in [0.5, 0.6) is 0 Å². The lowest BCUT2D eigenvalue weighted by molar-refractivity contribution is 0.830. The van der Waals surface area contributed by atoms with E-state index in [1.165, 1.54) is 21.9 Å². The first kappa shape index (κ1) is 16.7. The highest BCUT2D eigenvalue weighted by atomic mass is 14.7. The molecule has 0 amide bonds. The van der Waals surface area contributed by atoms with Crippen LogP contribution >= 0.6 is 0 Å². The number of pyridine rings is 2. The molecule has 0 saturated heterocycles.